The van der Waals surface area contributed by atoms with Crippen LogP contribution in [0.4, 0.5) is 0 Å². The first-order valence-corrected chi connectivity index (χ1v) is 5.53. The Labute approximate surface area is 86.2 Å². The van der Waals surface area contributed by atoms with Crippen LogP contribution in [0, 0.1) is 0 Å². The molecule has 0 rings (SSSR count). The van der Waals surface area contributed by atoms with Crippen LogP contribution in [-0.4, -0.2) is 29.3 Å². The molecule has 0 aliphatic rings. The summed E-state index contributed by atoms with van der Waals surface area (Å²) < 4.78 is 0. The molecule has 0 N–H and O–H groups in total. The minimum atomic E-state index is -0.335. The molecule has 0 fully saturated rings. The third-order valence-corrected chi connectivity index (χ3v) is 2.42. The van der Waals surface area contributed by atoms with E-state index in [2.05, 4.69) is 13.8 Å². The maximum absolute atomic E-state index is 11.6. The third kappa shape index (κ3) is 4.51. The van der Waals surface area contributed by atoms with Crippen molar-refractivity contribution in [2.75, 3.05) is 13.1 Å². The van der Waals surface area contributed by atoms with E-state index in [1.54, 1.807) is 0 Å². The number of carbonyl (C=O) groups is 1. The van der Waals surface area contributed by atoms with Crippen molar-refractivity contribution in [2.24, 2.45) is 0 Å². The lowest BCUT2D eigenvalue weighted by Gasteiger charge is -2.23. The van der Waals surface area contributed by atoms with Gasteiger partial charge < -0.3 is 4.90 Å². The topological polar surface area (TPSA) is 20.3 Å². The van der Waals surface area contributed by atoms with Gasteiger partial charge >= 0.3 is 0 Å². The Morgan fingerprint density at radius 2 is 1.69 bits per heavy atom. The zero-order valence-electron chi connectivity index (χ0n) is 8.85. The Kier molecular flexibility index (Phi) is 7.06. The minimum absolute atomic E-state index is 0.0906. The summed E-state index contributed by atoms with van der Waals surface area (Å²) in [6.07, 6.45) is 2.71. The fourth-order valence-corrected chi connectivity index (χ4v) is 1.38. The molecule has 0 aliphatic heterocycles. The molecule has 0 aliphatic carbocycles. The summed E-state index contributed by atoms with van der Waals surface area (Å²) in [5, 5.41) is -0.335. The summed E-state index contributed by atoms with van der Waals surface area (Å²) in [5.41, 5.74) is 0. The molecule has 0 spiro atoms. The van der Waals surface area contributed by atoms with E-state index in [1.807, 2.05) is 11.8 Å². The summed E-state index contributed by atoms with van der Waals surface area (Å²) >= 11 is 5.89. The summed E-state index contributed by atoms with van der Waals surface area (Å²) in [5.74, 6) is 0.0906. The number of hydrogen-bond acceptors (Lipinski definition) is 1. The van der Waals surface area contributed by atoms with Crippen molar-refractivity contribution >= 4 is 17.5 Å². The van der Waals surface area contributed by atoms with Crippen LogP contribution in [-0.2, 0) is 4.79 Å². The Morgan fingerprint density at radius 1 is 1.23 bits per heavy atom. The Bertz CT molecular complexity index is 144. The van der Waals surface area contributed by atoms with Gasteiger partial charge in [-0.15, -0.1) is 11.6 Å². The molecule has 0 radical (unpaired) electrons. The summed E-state index contributed by atoms with van der Waals surface area (Å²) in [6.45, 7) is 7.74. The molecule has 0 unspecified atom stereocenters. The van der Waals surface area contributed by atoms with Crippen LogP contribution >= 0.6 is 11.6 Å². The van der Waals surface area contributed by atoms with Gasteiger partial charge in [0.1, 0.15) is 5.38 Å². The molecule has 0 saturated carbocycles. The van der Waals surface area contributed by atoms with Crippen LogP contribution in [0.5, 0.6) is 0 Å². The normalized spacial score (nSPS) is 12.6. The minimum Gasteiger partial charge on any atom is -0.341 e. The van der Waals surface area contributed by atoms with Gasteiger partial charge in [-0.3, -0.25) is 4.79 Å². The van der Waals surface area contributed by atoms with Gasteiger partial charge in [-0.1, -0.05) is 20.8 Å². The van der Waals surface area contributed by atoms with E-state index < -0.39 is 0 Å². The van der Waals surface area contributed by atoms with Crippen molar-refractivity contribution in [3.05, 3.63) is 0 Å². The Balaban J connectivity index is 4.09. The van der Waals surface area contributed by atoms with Crippen molar-refractivity contribution in [2.45, 2.75) is 45.4 Å². The third-order valence-electron chi connectivity index (χ3n) is 1.93. The zero-order chi connectivity index (χ0) is 10.3. The number of hydrogen-bond donors (Lipinski definition) is 0. The molecule has 2 nitrogen and oxygen atoms in total. The second-order valence-corrected chi connectivity index (χ2v) is 3.73. The molecule has 0 bridgehead atoms. The first-order chi connectivity index (χ1) is 6.17. The smallest absolute Gasteiger partial charge is 0.240 e. The number of nitrogens with zero attached hydrogens (tertiary/aromatic N) is 1. The lowest BCUT2D eigenvalue weighted by atomic mass is 10.2. The molecule has 0 aromatic carbocycles. The fourth-order valence-electron chi connectivity index (χ4n) is 1.24. The van der Waals surface area contributed by atoms with Gasteiger partial charge in [0, 0.05) is 13.1 Å². The highest BCUT2D eigenvalue weighted by Crippen LogP contribution is 2.07. The predicted octanol–water partition coefficient (Wildman–Crippen LogP) is 2.65. The second-order valence-electron chi connectivity index (χ2n) is 3.20. The number of rotatable bonds is 6. The van der Waals surface area contributed by atoms with E-state index in [1.165, 1.54) is 0 Å². The second kappa shape index (κ2) is 7.19. The summed E-state index contributed by atoms with van der Waals surface area (Å²) in [4.78, 5) is 13.5. The van der Waals surface area contributed by atoms with Gasteiger partial charge in [0.2, 0.25) is 5.91 Å². The number of halogens is 1. The lowest BCUT2D eigenvalue weighted by molar-refractivity contribution is -0.130. The van der Waals surface area contributed by atoms with E-state index in [9.17, 15) is 4.79 Å². The van der Waals surface area contributed by atoms with Gasteiger partial charge in [0.25, 0.3) is 0 Å². The first kappa shape index (κ1) is 12.8. The number of amides is 1. The zero-order valence-corrected chi connectivity index (χ0v) is 9.60. The van der Waals surface area contributed by atoms with Gasteiger partial charge in [0.15, 0.2) is 0 Å². The van der Waals surface area contributed by atoms with Crippen molar-refractivity contribution in [1.29, 1.82) is 0 Å². The van der Waals surface area contributed by atoms with Gasteiger partial charge in [-0.05, 0) is 19.3 Å². The molecule has 1 amide bonds. The van der Waals surface area contributed by atoms with Gasteiger partial charge in [-0.2, -0.15) is 0 Å². The average molecular weight is 206 g/mol. The molecule has 0 heterocycles. The fraction of sp³-hybridized carbons (Fsp3) is 0.900. The lowest BCUT2D eigenvalue weighted by Crippen LogP contribution is -2.37. The quantitative estimate of drug-likeness (QED) is 0.611. The van der Waals surface area contributed by atoms with Crippen LogP contribution in [0.3, 0.4) is 0 Å². The highest BCUT2D eigenvalue weighted by Gasteiger charge is 2.18. The van der Waals surface area contributed by atoms with E-state index >= 15 is 0 Å². The first-order valence-electron chi connectivity index (χ1n) is 5.10. The van der Waals surface area contributed by atoms with Crippen molar-refractivity contribution in [1.82, 2.24) is 4.90 Å². The van der Waals surface area contributed by atoms with Gasteiger partial charge in [-0.25, -0.2) is 0 Å². The van der Waals surface area contributed by atoms with Crippen LogP contribution < -0.4 is 0 Å². The van der Waals surface area contributed by atoms with E-state index in [4.69, 9.17) is 11.6 Å². The summed E-state index contributed by atoms with van der Waals surface area (Å²) in [7, 11) is 0. The molecule has 1 atom stereocenters. The maximum Gasteiger partial charge on any atom is 0.240 e. The van der Waals surface area contributed by atoms with E-state index in [-0.39, 0.29) is 11.3 Å². The Hall–Kier alpha value is -0.240. The molecule has 78 valence electrons. The highest BCUT2D eigenvalue weighted by molar-refractivity contribution is 6.30. The summed E-state index contributed by atoms with van der Waals surface area (Å²) in [6, 6.07) is 0. The van der Waals surface area contributed by atoms with Gasteiger partial charge in [0.05, 0.1) is 0 Å². The van der Waals surface area contributed by atoms with Crippen LogP contribution in [0.1, 0.15) is 40.0 Å². The van der Waals surface area contributed by atoms with Crippen molar-refractivity contribution < 1.29 is 4.79 Å². The monoisotopic (exact) mass is 205 g/mol. The highest BCUT2D eigenvalue weighted by atomic mass is 35.5. The van der Waals surface area contributed by atoms with Crippen LogP contribution in [0.15, 0.2) is 0 Å². The average Bonchev–Trinajstić information content (AvgIpc) is 2.15. The molecule has 0 aromatic heterocycles. The SMILES string of the molecule is CCCN(CCC)C(=O)[C@@H](Cl)CC. The molecule has 0 aromatic rings. The Morgan fingerprint density at radius 3 is 2.00 bits per heavy atom. The predicted molar refractivity (Wildman–Crippen MR) is 57.1 cm³/mol. The number of alkyl halides is 1. The largest absolute Gasteiger partial charge is 0.341 e. The van der Waals surface area contributed by atoms with Crippen LogP contribution in [0.25, 0.3) is 0 Å². The molecular formula is C10H20ClNO. The van der Waals surface area contributed by atoms with Crippen molar-refractivity contribution in [3.8, 4) is 0 Å². The molecular weight excluding hydrogens is 186 g/mol. The molecule has 0 saturated heterocycles. The van der Waals surface area contributed by atoms with E-state index in [0.717, 1.165) is 25.9 Å². The standard InChI is InChI=1S/C10H20ClNO/c1-4-7-12(8-5-2)10(13)9(11)6-3/h9H,4-8H2,1-3H3/t9-/m0/s1. The maximum atomic E-state index is 11.6. The molecule has 13 heavy (non-hydrogen) atoms. The van der Waals surface area contributed by atoms with Crippen molar-refractivity contribution in [3.63, 3.8) is 0 Å². The number of carbonyl (C=O) groups excluding carboxylic acids is 1. The van der Waals surface area contributed by atoms with Crippen LogP contribution in [0.2, 0.25) is 0 Å². The molecule has 3 heteroatoms. The van der Waals surface area contributed by atoms with E-state index in [0.29, 0.717) is 6.42 Å².